The molecule has 14 heavy (non-hydrogen) atoms. The highest BCUT2D eigenvalue weighted by atomic mass is 15.1. The lowest BCUT2D eigenvalue weighted by molar-refractivity contribution is 0.238. The summed E-state index contributed by atoms with van der Waals surface area (Å²) < 4.78 is 0. The zero-order chi connectivity index (χ0) is 9.97. The maximum atomic E-state index is 3.58. The minimum Gasteiger partial charge on any atom is -0.310 e. The van der Waals surface area contributed by atoms with E-state index in [4.69, 9.17) is 0 Å². The second kappa shape index (κ2) is 4.45. The van der Waals surface area contributed by atoms with Crippen LogP contribution in [0.3, 0.4) is 0 Å². The molecule has 0 amide bonds. The summed E-state index contributed by atoms with van der Waals surface area (Å²) in [7, 11) is 0. The van der Waals surface area contributed by atoms with Crippen LogP contribution in [-0.4, -0.2) is 36.6 Å². The van der Waals surface area contributed by atoms with Gasteiger partial charge in [0, 0.05) is 31.7 Å². The molecule has 2 heteroatoms. The molecule has 0 radical (unpaired) electrons. The van der Waals surface area contributed by atoms with E-state index in [2.05, 4.69) is 30.1 Å². The fraction of sp³-hybridized carbons (Fsp3) is 0.833. The van der Waals surface area contributed by atoms with Gasteiger partial charge in [0.25, 0.3) is 0 Å². The van der Waals surface area contributed by atoms with Crippen molar-refractivity contribution in [2.45, 2.75) is 45.2 Å². The Morgan fingerprint density at radius 3 is 2.79 bits per heavy atom. The third-order valence-electron chi connectivity index (χ3n) is 3.26. The molecule has 0 aromatic heterocycles. The Labute approximate surface area is 87.4 Å². The van der Waals surface area contributed by atoms with E-state index in [0.717, 1.165) is 19.1 Å². The van der Waals surface area contributed by atoms with Gasteiger partial charge in [0.2, 0.25) is 0 Å². The summed E-state index contributed by atoms with van der Waals surface area (Å²) in [4.78, 5) is 2.53. The first-order chi connectivity index (χ1) is 6.75. The van der Waals surface area contributed by atoms with E-state index in [1.54, 1.807) is 5.57 Å². The van der Waals surface area contributed by atoms with Crippen molar-refractivity contribution in [1.82, 2.24) is 10.2 Å². The maximum Gasteiger partial charge on any atom is 0.0169 e. The highest BCUT2D eigenvalue weighted by molar-refractivity contribution is 5.10. The molecule has 2 nitrogen and oxygen atoms in total. The predicted molar refractivity (Wildman–Crippen MR) is 60.4 cm³/mol. The van der Waals surface area contributed by atoms with Gasteiger partial charge in [-0.3, -0.25) is 4.90 Å². The summed E-state index contributed by atoms with van der Waals surface area (Å²) >= 11 is 0. The van der Waals surface area contributed by atoms with E-state index >= 15 is 0 Å². The van der Waals surface area contributed by atoms with Crippen LogP contribution in [0, 0.1) is 0 Å². The highest BCUT2D eigenvalue weighted by Crippen LogP contribution is 2.20. The van der Waals surface area contributed by atoms with Gasteiger partial charge in [0.1, 0.15) is 0 Å². The summed E-state index contributed by atoms with van der Waals surface area (Å²) in [6.45, 7) is 8.09. The summed E-state index contributed by atoms with van der Waals surface area (Å²) in [6.07, 6.45) is 6.47. The van der Waals surface area contributed by atoms with E-state index in [1.807, 2.05) is 0 Å². The highest BCUT2D eigenvalue weighted by Gasteiger charge is 2.21. The van der Waals surface area contributed by atoms with Gasteiger partial charge in [-0.2, -0.15) is 0 Å². The standard InChI is InChI=1S/C12H22N2/c1-10(2)14-7-5-11(6-8-14)9-13-12-3-4-12/h5,10,12-13H,3-4,6-9H2,1-2H3. The van der Waals surface area contributed by atoms with Gasteiger partial charge < -0.3 is 5.32 Å². The van der Waals surface area contributed by atoms with Gasteiger partial charge in [-0.1, -0.05) is 11.6 Å². The topological polar surface area (TPSA) is 15.3 Å². The van der Waals surface area contributed by atoms with Crippen molar-refractivity contribution in [2.75, 3.05) is 19.6 Å². The smallest absolute Gasteiger partial charge is 0.0169 e. The summed E-state index contributed by atoms with van der Waals surface area (Å²) in [5, 5.41) is 3.58. The van der Waals surface area contributed by atoms with Crippen LogP contribution in [-0.2, 0) is 0 Å². The minimum atomic E-state index is 0.698. The van der Waals surface area contributed by atoms with Crippen LogP contribution in [0.15, 0.2) is 11.6 Å². The van der Waals surface area contributed by atoms with Gasteiger partial charge in [0.05, 0.1) is 0 Å². The molecule has 0 aromatic rings. The molecule has 0 unspecified atom stereocenters. The largest absolute Gasteiger partial charge is 0.310 e. The maximum absolute atomic E-state index is 3.58. The average Bonchev–Trinajstić information content (AvgIpc) is 2.99. The van der Waals surface area contributed by atoms with E-state index in [1.165, 1.54) is 25.8 Å². The van der Waals surface area contributed by atoms with Crippen LogP contribution in [0.2, 0.25) is 0 Å². The first kappa shape index (κ1) is 10.2. The van der Waals surface area contributed by atoms with Crippen LogP contribution >= 0.6 is 0 Å². The first-order valence-electron chi connectivity index (χ1n) is 5.91. The minimum absolute atomic E-state index is 0.698. The van der Waals surface area contributed by atoms with Crippen LogP contribution in [0.1, 0.15) is 33.1 Å². The first-order valence-corrected chi connectivity index (χ1v) is 5.91. The zero-order valence-electron chi connectivity index (χ0n) is 9.42. The molecule has 0 aromatic carbocycles. The van der Waals surface area contributed by atoms with Crippen molar-refractivity contribution in [2.24, 2.45) is 0 Å². The molecule has 1 fully saturated rings. The van der Waals surface area contributed by atoms with Crippen molar-refractivity contribution in [3.05, 3.63) is 11.6 Å². The molecule has 0 atom stereocenters. The quantitative estimate of drug-likeness (QED) is 0.686. The fourth-order valence-electron chi connectivity index (χ4n) is 1.92. The number of rotatable bonds is 4. The monoisotopic (exact) mass is 194 g/mol. The summed E-state index contributed by atoms with van der Waals surface area (Å²) in [5.41, 5.74) is 1.62. The number of hydrogen-bond acceptors (Lipinski definition) is 2. The van der Waals surface area contributed by atoms with Gasteiger partial charge in [0.15, 0.2) is 0 Å². The van der Waals surface area contributed by atoms with Gasteiger partial charge in [-0.05, 0) is 33.1 Å². The lowest BCUT2D eigenvalue weighted by atomic mass is 10.1. The Balaban J connectivity index is 1.72. The molecule has 0 bridgehead atoms. The van der Waals surface area contributed by atoms with E-state index in [0.29, 0.717) is 6.04 Å². The second-order valence-corrected chi connectivity index (χ2v) is 4.86. The third-order valence-corrected chi connectivity index (χ3v) is 3.26. The Kier molecular flexibility index (Phi) is 3.24. The van der Waals surface area contributed by atoms with Crippen molar-refractivity contribution < 1.29 is 0 Å². The third kappa shape index (κ3) is 2.82. The lowest BCUT2D eigenvalue weighted by Crippen LogP contribution is -2.36. The van der Waals surface area contributed by atoms with E-state index < -0.39 is 0 Å². The van der Waals surface area contributed by atoms with Gasteiger partial charge in [-0.25, -0.2) is 0 Å². The Morgan fingerprint density at radius 1 is 1.50 bits per heavy atom. The number of hydrogen-bond donors (Lipinski definition) is 1. The molecule has 1 aliphatic heterocycles. The van der Waals surface area contributed by atoms with Crippen LogP contribution < -0.4 is 5.32 Å². The number of nitrogens with zero attached hydrogens (tertiary/aromatic N) is 1. The Bertz CT molecular complexity index is 216. The summed E-state index contributed by atoms with van der Waals surface area (Å²) in [5.74, 6) is 0. The van der Waals surface area contributed by atoms with Crippen LogP contribution in [0.5, 0.6) is 0 Å². The molecule has 1 N–H and O–H groups in total. The van der Waals surface area contributed by atoms with Crippen molar-refractivity contribution in [1.29, 1.82) is 0 Å². The molecule has 2 aliphatic rings. The zero-order valence-corrected chi connectivity index (χ0v) is 9.42. The Hall–Kier alpha value is -0.340. The molecule has 0 spiro atoms. The van der Waals surface area contributed by atoms with E-state index in [-0.39, 0.29) is 0 Å². The molecular formula is C12H22N2. The predicted octanol–water partition coefficient (Wildman–Crippen LogP) is 1.78. The second-order valence-electron chi connectivity index (χ2n) is 4.86. The molecule has 1 aliphatic carbocycles. The SMILES string of the molecule is CC(C)N1CC=C(CNC2CC2)CC1. The van der Waals surface area contributed by atoms with Crippen molar-refractivity contribution in [3.63, 3.8) is 0 Å². The lowest BCUT2D eigenvalue weighted by Gasteiger charge is -2.29. The summed E-state index contributed by atoms with van der Waals surface area (Å²) in [6, 6.07) is 1.54. The van der Waals surface area contributed by atoms with E-state index in [9.17, 15) is 0 Å². The molecule has 1 saturated carbocycles. The molecule has 80 valence electrons. The molecule has 1 heterocycles. The van der Waals surface area contributed by atoms with Crippen molar-refractivity contribution >= 4 is 0 Å². The number of nitrogens with one attached hydrogen (secondary N) is 1. The van der Waals surface area contributed by atoms with Gasteiger partial charge >= 0.3 is 0 Å². The van der Waals surface area contributed by atoms with Gasteiger partial charge in [-0.15, -0.1) is 0 Å². The molecule has 0 saturated heterocycles. The fourth-order valence-corrected chi connectivity index (χ4v) is 1.92. The average molecular weight is 194 g/mol. The van der Waals surface area contributed by atoms with Crippen LogP contribution in [0.25, 0.3) is 0 Å². The Morgan fingerprint density at radius 2 is 2.29 bits per heavy atom. The molecule has 2 rings (SSSR count). The molecular weight excluding hydrogens is 172 g/mol. The normalized spacial score (nSPS) is 24.1. The van der Waals surface area contributed by atoms with Crippen LogP contribution in [0.4, 0.5) is 0 Å². The van der Waals surface area contributed by atoms with Crippen molar-refractivity contribution in [3.8, 4) is 0 Å².